The van der Waals surface area contributed by atoms with E-state index < -0.39 is 0 Å². The van der Waals surface area contributed by atoms with E-state index in [1.807, 2.05) is 26.0 Å². The first kappa shape index (κ1) is 16.7. The first-order valence-electron chi connectivity index (χ1n) is 7.41. The lowest BCUT2D eigenvalue weighted by Crippen LogP contribution is -2.35. The Bertz CT molecular complexity index is 547. The van der Waals surface area contributed by atoms with E-state index in [1.54, 1.807) is 19.0 Å². The molecule has 1 heterocycles. The molecule has 5 nitrogen and oxygen atoms in total. The van der Waals surface area contributed by atoms with Crippen molar-refractivity contribution in [3.8, 4) is 11.5 Å². The summed E-state index contributed by atoms with van der Waals surface area (Å²) in [4.78, 5) is 13.7. The van der Waals surface area contributed by atoms with Gasteiger partial charge in [-0.3, -0.25) is 4.79 Å². The smallest absolute Gasteiger partial charge is 0.307 e. The molecular weight excluding hydrogens is 281 g/mol. The van der Waals surface area contributed by atoms with Crippen LogP contribution in [0.15, 0.2) is 12.1 Å². The lowest BCUT2D eigenvalue weighted by atomic mass is 9.88. The van der Waals surface area contributed by atoms with Crippen LogP contribution in [0.2, 0.25) is 0 Å². The molecule has 0 spiro atoms. The third-order valence-electron chi connectivity index (χ3n) is 3.77. The second kappa shape index (κ2) is 7.05. The SMILES string of the molecule is [B]N1CCc2cc(OC)c(OC)cc2[C@H]1CC(=O)OC(C)C. The van der Waals surface area contributed by atoms with Gasteiger partial charge in [-0.2, -0.15) is 0 Å². The number of carbonyl (C=O) groups is 1. The number of methoxy groups -OCH3 is 2. The molecule has 2 radical (unpaired) electrons. The van der Waals surface area contributed by atoms with Crippen LogP contribution < -0.4 is 9.47 Å². The Balaban J connectivity index is 2.31. The van der Waals surface area contributed by atoms with Gasteiger partial charge in [-0.25, -0.2) is 0 Å². The van der Waals surface area contributed by atoms with Crippen LogP contribution in [-0.4, -0.2) is 45.6 Å². The third kappa shape index (κ3) is 3.55. The molecule has 0 aromatic heterocycles. The summed E-state index contributed by atoms with van der Waals surface area (Å²) in [6.45, 7) is 4.35. The van der Waals surface area contributed by atoms with Crippen LogP contribution in [-0.2, 0) is 16.0 Å². The number of nitrogens with zero attached hydrogens (tertiary/aromatic N) is 1. The average molecular weight is 303 g/mol. The van der Waals surface area contributed by atoms with Gasteiger partial charge in [0.25, 0.3) is 0 Å². The number of benzene rings is 1. The van der Waals surface area contributed by atoms with Crippen LogP contribution in [0.3, 0.4) is 0 Å². The van der Waals surface area contributed by atoms with Crippen LogP contribution >= 0.6 is 0 Å². The fraction of sp³-hybridized carbons (Fsp3) is 0.562. The molecule has 22 heavy (non-hydrogen) atoms. The normalized spacial score (nSPS) is 18.0. The minimum absolute atomic E-state index is 0.132. The zero-order chi connectivity index (χ0) is 16.3. The van der Waals surface area contributed by atoms with E-state index in [1.165, 1.54) is 0 Å². The van der Waals surface area contributed by atoms with Gasteiger partial charge in [0.1, 0.15) is 0 Å². The fourth-order valence-corrected chi connectivity index (χ4v) is 2.74. The number of fused-ring (bicyclic) bond motifs is 1. The summed E-state index contributed by atoms with van der Waals surface area (Å²) in [5, 5.41) is 0. The number of hydrogen-bond donors (Lipinski definition) is 0. The molecular formula is C16H22BNO4. The van der Waals surface area contributed by atoms with Gasteiger partial charge in [-0.1, -0.05) is 0 Å². The highest BCUT2D eigenvalue weighted by atomic mass is 16.5. The van der Waals surface area contributed by atoms with Crippen molar-refractivity contribution in [2.24, 2.45) is 0 Å². The fourth-order valence-electron chi connectivity index (χ4n) is 2.74. The number of hydrogen-bond acceptors (Lipinski definition) is 5. The number of ether oxygens (including phenoxy) is 3. The lowest BCUT2D eigenvalue weighted by molar-refractivity contribution is -0.148. The molecule has 1 atom stereocenters. The molecule has 0 aliphatic carbocycles. The summed E-state index contributed by atoms with van der Waals surface area (Å²) in [7, 11) is 9.29. The van der Waals surface area contributed by atoms with E-state index in [0.29, 0.717) is 18.0 Å². The predicted molar refractivity (Wildman–Crippen MR) is 84.3 cm³/mol. The van der Waals surface area contributed by atoms with Gasteiger partial charge in [0.05, 0.1) is 26.7 Å². The van der Waals surface area contributed by atoms with Gasteiger partial charge in [0, 0.05) is 6.04 Å². The van der Waals surface area contributed by atoms with Crippen molar-refractivity contribution in [3.05, 3.63) is 23.3 Å². The lowest BCUT2D eigenvalue weighted by Gasteiger charge is -2.35. The van der Waals surface area contributed by atoms with E-state index in [4.69, 9.17) is 22.2 Å². The van der Waals surface area contributed by atoms with Crippen molar-refractivity contribution in [1.29, 1.82) is 0 Å². The summed E-state index contributed by atoms with van der Waals surface area (Å²) in [5.74, 6) is 1.08. The molecule has 0 fully saturated rings. The predicted octanol–water partition coefficient (Wildman–Crippen LogP) is 2.03. The van der Waals surface area contributed by atoms with Gasteiger partial charge >= 0.3 is 5.97 Å². The molecule has 0 saturated carbocycles. The van der Waals surface area contributed by atoms with Crippen LogP contribution in [0.5, 0.6) is 11.5 Å². The molecule has 6 heteroatoms. The highest BCUT2D eigenvalue weighted by Gasteiger charge is 2.29. The first-order chi connectivity index (χ1) is 10.5. The van der Waals surface area contributed by atoms with Crippen molar-refractivity contribution in [2.45, 2.75) is 38.8 Å². The monoisotopic (exact) mass is 303 g/mol. The van der Waals surface area contributed by atoms with Gasteiger partial charge in [-0.15, -0.1) is 0 Å². The van der Waals surface area contributed by atoms with Crippen molar-refractivity contribution in [2.75, 3.05) is 20.8 Å². The van der Waals surface area contributed by atoms with E-state index >= 15 is 0 Å². The summed E-state index contributed by atoms with van der Waals surface area (Å²) in [5.41, 5.74) is 2.12. The molecule has 0 amide bonds. The molecule has 1 aliphatic rings. The average Bonchev–Trinajstić information content (AvgIpc) is 2.48. The summed E-state index contributed by atoms with van der Waals surface area (Å²) >= 11 is 0. The maximum Gasteiger partial charge on any atom is 0.307 e. The maximum atomic E-state index is 12.0. The molecule has 1 aliphatic heterocycles. The molecule has 0 saturated heterocycles. The quantitative estimate of drug-likeness (QED) is 0.615. The third-order valence-corrected chi connectivity index (χ3v) is 3.77. The maximum absolute atomic E-state index is 12.0. The Kier molecular flexibility index (Phi) is 5.35. The minimum Gasteiger partial charge on any atom is -0.493 e. The molecule has 1 aromatic carbocycles. The largest absolute Gasteiger partial charge is 0.493 e. The van der Waals surface area contributed by atoms with Gasteiger partial charge in [-0.05, 0) is 50.1 Å². The van der Waals surface area contributed by atoms with Crippen molar-refractivity contribution >= 4 is 14.0 Å². The van der Waals surface area contributed by atoms with E-state index in [9.17, 15) is 4.79 Å². The van der Waals surface area contributed by atoms with Crippen LogP contribution in [0.4, 0.5) is 0 Å². The highest BCUT2D eigenvalue weighted by Crippen LogP contribution is 2.38. The highest BCUT2D eigenvalue weighted by molar-refractivity contribution is 6.05. The molecule has 1 aromatic rings. The van der Waals surface area contributed by atoms with Gasteiger partial charge < -0.3 is 19.0 Å². The Hall–Kier alpha value is -1.69. The molecule has 2 rings (SSSR count). The van der Waals surface area contributed by atoms with Gasteiger partial charge in [0.2, 0.25) is 0 Å². The second-order valence-electron chi connectivity index (χ2n) is 5.65. The second-order valence-corrected chi connectivity index (χ2v) is 5.65. The molecule has 0 unspecified atom stereocenters. The Morgan fingerprint density at radius 2 is 1.95 bits per heavy atom. The topological polar surface area (TPSA) is 48.0 Å². The Labute approximate surface area is 133 Å². The van der Waals surface area contributed by atoms with E-state index in [2.05, 4.69) is 0 Å². The van der Waals surface area contributed by atoms with E-state index in [-0.39, 0.29) is 24.5 Å². The standard InChI is InChI=1S/C16H22BNO4/c1-10(2)22-16(19)9-13-12-8-15(21-4)14(20-3)7-11(12)5-6-18(13)17/h7-8,10,13H,5-6,9H2,1-4H3/t13-/m1/s1. The molecule has 118 valence electrons. The van der Waals surface area contributed by atoms with Crippen LogP contribution in [0, 0.1) is 0 Å². The number of carbonyl (C=O) groups excluding carboxylic acids is 1. The van der Waals surface area contributed by atoms with Gasteiger partial charge in [0.15, 0.2) is 19.5 Å². The van der Waals surface area contributed by atoms with Crippen LogP contribution in [0.1, 0.15) is 37.4 Å². The summed E-state index contributed by atoms with van der Waals surface area (Å²) in [6.07, 6.45) is 0.895. The Morgan fingerprint density at radius 3 is 2.55 bits per heavy atom. The van der Waals surface area contributed by atoms with Crippen molar-refractivity contribution in [1.82, 2.24) is 4.81 Å². The van der Waals surface area contributed by atoms with E-state index in [0.717, 1.165) is 17.5 Å². The number of rotatable bonds is 5. The number of esters is 1. The molecule has 0 N–H and O–H groups in total. The van der Waals surface area contributed by atoms with Crippen molar-refractivity contribution in [3.63, 3.8) is 0 Å². The van der Waals surface area contributed by atoms with Crippen LogP contribution in [0.25, 0.3) is 0 Å². The van der Waals surface area contributed by atoms with Crippen molar-refractivity contribution < 1.29 is 19.0 Å². The zero-order valence-corrected chi connectivity index (χ0v) is 13.6. The minimum atomic E-state index is -0.252. The first-order valence-corrected chi connectivity index (χ1v) is 7.41. The zero-order valence-electron chi connectivity index (χ0n) is 13.6. The summed E-state index contributed by atoms with van der Waals surface area (Å²) in [6, 6.07) is 3.65. The summed E-state index contributed by atoms with van der Waals surface area (Å²) < 4.78 is 15.9. The Morgan fingerprint density at radius 1 is 1.32 bits per heavy atom. The molecule has 0 bridgehead atoms.